The number of hydrogen-bond acceptors (Lipinski definition) is 5. The van der Waals surface area contributed by atoms with Gasteiger partial charge in [-0.1, -0.05) is 24.3 Å². The summed E-state index contributed by atoms with van der Waals surface area (Å²) in [5.41, 5.74) is 2.84. The maximum absolute atomic E-state index is 12.1. The first-order valence-corrected chi connectivity index (χ1v) is 6.33. The zero-order chi connectivity index (χ0) is 14.5. The number of nitrogen functional groups attached to an aromatic ring is 1. The van der Waals surface area contributed by atoms with Gasteiger partial charge in [-0.05, 0) is 18.4 Å². The highest BCUT2D eigenvalue weighted by atomic mass is 16.5. The summed E-state index contributed by atoms with van der Waals surface area (Å²) in [5, 5.41) is 4.55. The van der Waals surface area contributed by atoms with Gasteiger partial charge in [0, 0.05) is 19.0 Å². The highest BCUT2D eigenvalue weighted by molar-refractivity contribution is 6.00. The second kappa shape index (κ2) is 6.31. The van der Waals surface area contributed by atoms with Crippen LogP contribution in [0.3, 0.4) is 0 Å². The van der Waals surface area contributed by atoms with Crippen LogP contribution in [-0.4, -0.2) is 30.6 Å². The molecule has 0 aliphatic carbocycles. The Hall–Kier alpha value is -2.18. The van der Waals surface area contributed by atoms with E-state index in [4.69, 9.17) is 10.6 Å². The SMILES string of the molecule is COC(C)CNC(=O)c1cc2ccccc2c(NN)n1. The third-order valence-corrected chi connectivity index (χ3v) is 3.06. The number of amides is 1. The van der Waals surface area contributed by atoms with Gasteiger partial charge in [0.2, 0.25) is 0 Å². The number of nitrogens with zero attached hydrogens (tertiary/aromatic N) is 1. The van der Waals surface area contributed by atoms with Crippen LogP contribution in [0.1, 0.15) is 17.4 Å². The lowest BCUT2D eigenvalue weighted by Gasteiger charge is -2.12. The van der Waals surface area contributed by atoms with Gasteiger partial charge in [0.25, 0.3) is 5.91 Å². The molecule has 1 unspecified atom stereocenters. The molecule has 2 rings (SSSR count). The molecule has 2 aromatic rings. The van der Waals surface area contributed by atoms with E-state index in [1.165, 1.54) is 0 Å². The van der Waals surface area contributed by atoms with E-state index in [9.17, 15) is 4.79 Å². The third kappa shape index (κ3) is 3.04. The minimum absolute atomic E-state index is 0.0495. The van der Waals surface area contributed by atoms with Gasteiger partial charge in [0.15, 0.2) is 0 Å². The lowest BCUT2D eigenvalue weighted by molar-refractivity contribution is 0.0866. The van der Waals surface area contributed by atoms with E-state index in [1.54, 1.807) is 13.2 Å². The van der Waals surface area contributed by atoms with Crippen LogP contribution in [0, 0.1) is 0 Å². The molecule has 1 aromatic heterocycles. The first-order chi connectivity index (χ1) is 9.65. The van der Waals surface area contributed by atoms with Crippen molar-refractivity contribution in [2.75, 3.05) is 19.1 Å². The Bertz CT molecular complexity index is 615. The number of rotatable bonds is 5. The van der Waals surface area contributed by atoms with Gasteiger partial charge >= 0.3 is 0 Å². The molecule has 0 saturated heterocycles. The number of ether oxygens (including phenoxy) is 1. The van der Waals surface area contributed by atoms with Crippen molar-refractivity contribution in [1.82, 2.24) is 10.3 Å². The van der Waals surface area contributed by atoms with Gasteiger partial charge < -0.3 is 15.5 Å². The molecule has 0 aliphatic heterocycles. The Labute approximate surface area is 117 Å². The van der Waals surface area contributed by atoms with E-state index >= 15 is 0 Å². The number of fused-ring (bicyclic) bond motifs is 1. The topological polar surface area (TPSA) is 89.3 Å². The van der Waals surface area contributed by atoms with Crippen LogP contribution in [-0.2, 0) is 4.74 Å². The summed E-state index contributed by atoms with van der Waals surface area (Å²) in [4.78, 5) is 16.3. The van der Waals surface area contributed by atoms with Gasteiger partial charge in [0.1, 0.15) is 11.5 Å². The molecule has 0 aliphatic rings. The summed E-state index contributed by atoms with van der Waals surface area (Å²) >= 11 is 0. The minimum atomic E-state index is -0.254. The molecule has 0 fully saturated rings. The quantitative estimate of drug-likeness (QED) is 0.564. The predicted octanol–water partition coefficient (Wildman–Crippen LogP) is 1.29. The molecule has 20 heavy (non-hydrogen) atoms. The van der Waals surface area contributed by atoms with Gasteiger partial charge in [-0.3, -0.25) is 4.79 Å². The lowest BCUT2D eigenvalue weighted by Crippen LogP contribution is -2.32. The maximum Gasteiger partial charge on any atom is 0.270 e. The first-order valence-electron chi connectivity index (χ1n) is 6.33. The Morgan fingerprint density at radius 3 is 2.90 bits per heavy atom. The van der Waals surface area contributed by atoms with Crippen LogP contribution in [0.2, 0.25) is 0 Å². The second-order valence-electron chi connectivity index (χ2n) is 4.48. The largest absolute Gasteiger partial charge is 0.380 e. The fourth-order valence-electron chi connectivity index (χ4n) is 1.84. The van der Waals surface area contributed by atoms with E-state index in [0.717, 1.165) is 10.8 Å². The van der Waals surface area contributed by atoms with Crippen LogP contribution in [0.25, 0.3) is 10.8 Å². The zero-order valence-electron chi connectivity index (χ0n) is 11.5. The van der Waals surface area contributed by atoms with E-state index < -0.39 is 0 Å². The summed E-state index contributed by atoms with van der Waals surface area (Å²) in [6.07, 6.45) is -0.0495. The Morgan fingerprint density at radius 1 is 1.45 bits per heavy atom. The number of pyridine rings is 1. The Kier molecular flexibility index (Phi) is 4.49. The highest BCUT2D eigenvalue weighted by Gasteiger charge is 2.12. The number of hydrazine groups is 1. The van der Waals surface area contributed by atoms with E-state index in [2.05, 4.69) is 15.7 Å². The van der Waals surface area contributed by atoms with E-state index in [0.29, 0.717) is 18.1 Å². The summed E-state index contributed by atoms with van der Waals surface area (Å²) in [7, 11) is 1.60. The van der Waals surface area contributed by atoms with E-state index in [-0.39, 0.29) is 12.0 Å². The molecule has 1 atom stereocenters. The number of aromatic nitrogens is 1. The summed E-state index contributed by atoms with van der Waals surface area (Å²) in [6.45, 7) is 2.30. The Morgan fingerprint density at radius 2 is 2.20 bits per heavy atom. The smallest absolute Gasteiger partial charge is 0.270 e. The van der Waals surface area contributed by atoms with Crippen LogP contribution >= 0.6 is 0 Å². The lowest BCUT2D eigenvalue weighted by atomic mass is 10.1. The van der Waals surface area contributed by atoms with Crippen molar-refractivity contribution in [3.63, 3.8) is 0 Å². The zero-order valence-corrected chi connectivity index (χ0v) is 11.5. The number of hydrogen-bond donors (Lipinski definition) is 3. The molecule has 0 bridgehead atoms. The molecular weight excluding hydrogens is 256 g/mol. The fourth-order valence-corrected chi connectivity index (χ4v) is 1.84. The number of benzene rings is 1. The second-order valence-corrected chi connectivity index (χ2v) is 4.48. The third-order valence-electron chi connectivity index (χ3n) is 3.06. The molecule has 1 amide bonds. The van der Waals surface area contributed by atoms with Crippen molar-refractivity contribution < 1.29 is 9.53 Å². The highest BCUT2D eigenvalue weighted by Crippen LogP contribution is 2.21. The van der Waals surface area contributed by atoms with Crippen molar-refractivity contribution in [3.05, 3.63) is 36.0 Å². The summed E-state index contributed by atoms with van der Waals surface area (Å²) in [5.74, 6) is 5.69. The molecule has 6 heteroatoms. The summed E-state index contributed by atoms with van der Waals surface area (Å²) < 4.78 is 5.08. The predicted molar refractivity (Wildman–Crippen MR) is 78.4 cm³/mol. The average molecular weight is 274 g/mol. The van der Waals surface area contributed by atoms with Crippen LogP contribution < -0.4 is 16.6 Å². The first kappa shape index (κ1) is 14.2. The van der Waals surface area contributed by atoms with Crippen molar-refractivity contribution in [2.45, 2.75) is 13.0 Å². The number of nitrogens with one attached hydrogen (secondary N) is 2. The number of nitrogens with two attached hydrogens (primary N) is 1. The molecule has 1 heterocycles. The molecule has 6 nitrogen and oxygen atoms in total. The molecule has 0 radical (unpaired) electrons. The Balaban J connectivity index is 2.28. The minimum Gasteiger partial charge on any atom is -0.380 e. The fraction of sp³-hybridized carbons (Fsp3) is 0.286. The standard InChI is InChI=1S/C14H18N4O2/c1-9(20-2)8-16-14(19)12-7-10-5-3-4-6-11(10)13(17-12)18-15/h3-7,9H,8,15H2,1-2H3,(H,16,19)(H,17,18). The number of carbonyl (C=O) groups excluding carboxylic acids is 1. The molecule has 0 spiro atoms. The van der Waals surface area contributed by atoms with Crippen molar-refractivity contribution in [3.8, 4) is 0 Å². The van der Waals surface area contributed by atoms with Gasteiger partial charge in [0.05, 0.1) is 6.10 Å². The normalized spacial score (nSPS) is 12.2. The monoisotopic (exact) mass is 274 g/mol. The molecule has 0 saturated carbocycles. The number of carbonyl (C=O) groups is 1. The van der Waals surface area contributed by atoms with Crippen molar-refractivity contribution in [2.24, 2.45) is 5.84 Å². The molecule has 1 aromatic carbocycles. The molecular formula is C14H18N4O2. The van der Waals surface area contributed by atoms with Crippen LogP contribution in [0.5, 0.6) is 0 Å². The van der Waals surface area contributed by atoms with Crippen LogP contribution in [0.15, 0.2) is 30.3 Å². The molecule has 4 N–H and O–H groups in total. The molecule has 106 valence electrons. The van der Waals surface area contributed by atoms with Gasteiger partial charge in [-0.2, -0.15) is 0 Å². The number of anilines is 1. The average Bonchev–Trinajstić information content (AvgIpc) is 2.50. The van der Waals surface area contributed by atoms with Crippen LogP contribution in [0.4, 0.5) is 5.82 Å². The maximum atomic E-state index is 12.1. The van der Waals surface area contributed by atoms with Gasteiger partial charge in [-0.15, -0.1) is 0 Å². The van der Waals surface area contributed by atoms with Crippen molar-refractivity contribution >= 4 is 22.5 Å². The summed E-state index contributed by atoms with van der Waals surface area (Å²) in [6, 6.07) is 9.34. The number of methoxy groups -OCH3 is 1. The van der Waals surface area contributed by atoms with Crippen molar-refractivity contribution in [1.29, 1.82) is 0 Å². The van der Waals surface area contributed by atoms with E-state index in [1.807, 2.05) is 31.2 Å². The van der Waals surface area contributed by atoms with Gasteiger partial charge in [-0.25, -0.2) is 10.8 Å².